The lowest BCUT2D eigenvalue weighted by atomic mass is 9.98. The number of hydrogen-bond donors (Lipinski definition) is 1. The van der Waals surface area contributed by atoms with Gasteiger partial charge in [0.05, 0.1) is 18.1 Å². The van der Waals surface area contributed by atoms with E-state index in [4.69, 9.17) is 4.74 Å². The Morgan fingerprint density at radius 2 is 1.89 bits per heavy atom. The van der Waals surface area contributed by atoms with Gasteiger partial charge in [-0.3, -0.25) is 4.79 Å². The SMILES string of the molecule is O=C(CNC1CCS(=O)(=O)C1)OC1CCCCC1. The Bertz CT molecular complexity index is 387. The van der Waals surface area contributed by atoms with Crippen molar-refractivity contribution in [1.82, 2.24) is 5.32 Å². The van der Waals surface area contributed by atoms with Crippen LogP contribution in [0.5, 0.6) is 0 Å². The molecular weight excluding hydrogens is 254 g/mol. The summed E-state index contributed by atoms with van der Waals surface area (Å²) in [6.07, 6.45) is 6.08. The molecule has 5 nitrogen and oxygen atoms in total. The fourth-order valence-electron chi connectivity index (χ4n) is 2.59. The number of carbonyl (C=O) groups is 1. The summed E-state index contributed by atoms with van der Waals surface area (Å²) in [5.41, 5.74) is 0. The summed E-state index contributed by atoms with van der Waals surface area (Å²) < 4.78 is 27.8. The number of nitrogens with one attached hydrogen (secondary N) is 1. The van der Waals surface area contributed by atoms with Gasteiger partial charge in [-0.1, -0.05) is 6.42 Å². The maximum Gasteiger partial charge on any atom is 0.320 e. The van der Waals surface area contributed by atoms with Gasteiger partial charge < -0.3 is 10.1 Å². The Morgan fingerprint density at radius 1 is 1.17 bits per heavy atom. The summed E-state index contributed by atoms with van der Waals surface area (Å²) in [7, 11) is -2.89. The first-order chi connectivity index (χ1) is 8.55. The van der Waals surface area contributed by atoms with Gasteiger partial charge in [0.25, 0.3) is 0 Å². The number of hydrogen-bond acceptors (Lipinski definition) is 5. The van der Waals surface area contributed by atoms with E-state index in [2.05, 4.69) is 5.32 Å². The molecule has 0 bridgehead atoms. The van der Waals surface area contributed by atoms with Gasteiger partial charge in [-0.2, -0.15) is 0 Å². The van der Waals surface area contributed by atoms with Crippen molar-refractivity contribution in [2.24, 2.45) is 0 Å². The van der Waals surface area contributed by atoms with Crippen LogP contribution in [0.2, 0.25) is 0 Å². The molecule has 0 spiro atoms. The molecule has 2 fully saturated rings. The molecule has 1 unspecified atom stereocenters. The van der Waals surface area contributed by atoms with Gasteiger partial charge in [0.2, 0.25) is 0 Å². The Balaban J connectivity index is 1.65. The molecule has 18 heavy (non-hydrogen) atoms. The van der Waals surface area contributed by atoms with E-state index in [1.54, 1.807) is 0 Å². The third-order valence-corrected chi connectivity index (χ3v) is 5.39. The van der Waals surface area contributed by atoms with Crippen molar-refractivity contribution in [3.05, 3.63) is 0 Å². The molecule has 0 amide bonds. The van der Waals surface area contributed by atoms with Crippen LogP contribution in [0.15, 0.2) is 0 Å². The molecule has 1 saturated heterocycles. The molecule has 1 atom stereocenters. The van der Waals surface area contributed by atoms with Gasteiger partial charge in [0.1, 0.15) is 6.10 Å². The number of rotatable bonds is 4. The molecule has 1 saturated carbocycles. The zero-order valence-corrected chi connectivity index (χ0v) is 11.4. The van der Waals surface area contributed by atoms with E-state index in [9.17, 15) is 13.2 Å². The first kappa shape index (κ1) is 13.8. The minimum Gasteiger partial charge on any atom is -0.461 e. The van der Waals surface area contributed by atoms with E-state index in [0.29, 0.717) is 6.42 Å². The summed E-state index contributed by atoms with van der Waals surface area (Å²) in [6, 6.07) is -0.0890. The molecule has 1 aliphatic heterocycles. The van der Waals surface area contributed by atoms with Gasteiger partial charge in [0, 0.05) is 6.04 Å². The van der Waals surface area contributed by atoms with Gasteiger partial charge in [-0.25, -0.2) is 8.42 Å². The Kier molecular flexibility index (Phi) is 4.61. The molecule has 2 rings (SSSR count). The molecule has 0 radical (unpaired) electrons. The Morgan fingerprint density at radius 3 is 2.50 bits per heavy atom. The molecule has 104 valence electrons. The molecular formula is C12H21NO4S. The molecule has 1 aliphatic carbocycles. The van der Waals surface area contributed by atoms with E-state index >= 15 is 0 Å². The van der Waals surface area contributed by atoms with Crippen LogP contribution in [0, 0.1) is 0 Å². The van der Waals surface area contributed by atoms with E-state index < -0.39 is 9.84 Å². The Labute approximate surface area is 108 Å². The maximum atomic E-state index is 11.6. The Hall–Kier alpha value is -0.620. The number of ether oxygens (including phenoxy) is 1. The molecule has 0 aromatic heterocycles. The van der Waals surface area contributed by atoms with E-state index in [-0.39, 0.29) is 36.2 Å². The van der Waals surface area contributed by atoms with Crippen molar-refractivity contribution in [1.29, 1.82) is 0 Å². The van der Waals surface area contributed by atoms with E-state index in [0.717, 1.165) is 25.7 Å². The zero-order valence-electron chi connectivity index (χ0n) is 10.6. The van der Waals surface area contributed by atoms with Crippen molar-refractivity contribution in [2.75, 3.05) is 18.1 Å². The summed E-state index contributed by atoms with van der Waals surface area (Å²) in [6.45, 7) is 0.122. The molecule has 0 aromatic rings. The fourth-order valence-corrected chi connectivity index (χ4v) is 4.30. The minimum absolute atomic E-state index is 0.0698. The zero-order chi connectivity index (χ0) is 13.0. The highest BCUT2D eigenvalue weighted by Gasteiger charge is 2.28. The summed E-state index contributed by atoms with van der Waals surface area (Å²) in [4.78, 5) is 11.6. The van der Waals surface area contributed by atoms with Crippen LogP contribution in [-0.2, 0) is 19.4 Å². The molecule has 1 N–H and O–H groups in total. The number of sulfone groups is 1. The predicted molar refractivity (Wildman–Crippen MR) is 68.0 cm³/mol. The average molecular weight is 275 g/mol. The van der Waals surface area contributed by atoms with Crippen LogP contribution >= 0.6 is 0 Å². The van der Waals surface area contributed by atoms with Gasteiger partial charge in [-0.15, -0.1) is 0 Å². The predicted octanol–water partition coefficient (Wildman–Crippen LogP) is 0.639. The van der Waals surface area contributed by atoms with Crippen molar-refractivity contribution >= 4 is 15.8 Å². The lowest BCUT2D eigenvalue weighted by Crippen LogP contribution is -2.36. The topological polar surface area (TPSA) is 72.5 Å². The summed E-state index contributed by atoms with van der Waals surface area (Å²) in [5.74, 6) is 0.109. The monoisotopic (exact) mass is 275 g/mol. The van der Waals surface area contributed by atoms with Crippen LogP contribution in [0.25, 0.3) is 0 Å². The van der Waals surface area contributed by atoms with Crippen molar-refractivity contribution < 1.29 is 17.9 Å². The van der Waals surface area contributed by atoms with Crippen LogP contribution in [0.1, 0.15) is 38.5 Å². The molecule has 2 aliphatic rings. The summed E-state index contributed by atoms with van der Waals surface area (Å²) >= 11 is 0. The second-order valence-electron chi connectivity index (χ2n) is 5.23. The van der Waals surface area contributed by atoms with Crippen LogP contribution in [0.4, 0.5) is 0 Å². The molecule has 1 heterocycles. The maximum absolute atomic E-state index is 11.6. The van der Waals surface area contributed by atoms with Crippen LogP contribution in [-0.4, -0.2) is 44.6 Å². The van der Waals surface area contributed by atoms with Gasteiger partial charge >= 0.3 is 5.97 Å². The van der Waals surface area contributed by atoms with Crippen molar-refractivity contribution in [3.8, 4) is 0 Å². The second-order valence-corrected chi connectivity index (χ2v) is 7.46. The third-order valence-electron chi connectivity index (χ3n) is 3.62. The smallest absolute Gasteiger partial charge is 0.320 e. The first-order valence-electron chi connectivity index (χ1n) is 6.68. The first-order valence-corrected chi connectivity index (χ1v) is 8.50. The lowest BCUT2D eigenvalue weighted by molar-refractivity contribution is -0.149. The summed E-state index contributed by atoms with van der Waals surface area (Å²) in [5, 5.41) is 2.97. The highest BCUT2D eigenvalue weighted by Crippen LogP contribution is 2.20. The average Bonchev–Trinajstić information content (AvgIpc) is 2.68. The van der Waals surface area contributed by atoms with E-state index in [1.807, 2.05) is 0 Å². The normalized spacial score (nSPS) is 28.1. The third kappa shape index (κ3) is 4.24. The van der Waals surface area contributed by atoms with Crippen LogP contribution in [0.3, 0.4) is 0 Å². The van der Waals surface area contributed by atoms with Crippen LogP contribution < -0.4 is 5.32 Å². The molecule has 0 aromatic carbocycles. The standard InChI is InChI=1S/C12H21NO4S/c14-12(17-11-4-2-1-3-5-11)8-13-10-6-7-18(15,16)9-10/h10-11,13H,1-9H2. The largest absolute Gasteiger partial charge is 0.461 e. The number of esters is 1. The van der Waals surface area contributed by atoms with E-state index in [1.165, 1.54) is 6.42 Å². The highest BCUT2D eigenvalue weighted by atomic mass is 32.2. The molecule has 6 heteroatoms. The van der Waals surface area contributed by atoms with Gasteiger partial charge in [-0.05, 0) is 32.1 Å². The van der Waals surface area contributed by atoms with Crippen molar-refractivity contribution in [3.63, 3.8) is 0 Å². The highest BCUT2D eigenvalue weighted by molar-refractivity contribution is 7.91. The van der Waals surface area contributed by atoms with Crippen molar-refractivity contribution in [2.45, 2.75) is 50.7 Å². The lowest BCUT2D eigenvalue weighted by Gasteiger charge is -2.22. The fraction of sp³-hybridized carbons (Fsp3) is 0.917. The minimum atomic E-state index is -2.89. The quantitative estimate of drug-likeness (QED) is 0.762. The van der Waals surface area contributed by atoms with Gasteiger partial charge in [0.15, 0.2) is 9.84 Å². The number of carbonyl (C=O) groups excluding carboxylic acids is 1. The second kappa shape index (κ2) is 6.02.